The summed E-state index contributed by atoms with van der Waals surface area (Å²) in [6.07, 6.45) is 1.95. The van der Waals surface area contributed by atoms with Crippen LogP contribution in [0.2, 0.25) is 0 Å². The molecule has 0 aliphatic carbocycles. The summed E-state index contributed by atoms with van der Waals surface area (Å²) in [7, 11) is 0. The van der Waals surface area contributed by atoms with E-state index in [1.54, 1.807) is 6.07 Å². The zero-order valence-electron chi connectivity index (χ0n) is 10.1. The molecule has 0 saturated heterocycles. The smallest absolute Gasteiger partial charge is 0.348 e. The summed E-state index contributed by atoms with van der Waals surface area (Å²) in [5.41, 5.74) is -0.335. The minimum atomic E-state index is -1.09. The van der Waals surface area contributed by atoms with Crippen LogP contribution >= 0.6 is 0 Å². The second-order valence-electron chi connectivity index (χ2n) is 3.99. The van der Waals surface area contributed by atoms with E-state index in [0.29, 0.717) is 5.56 Å². The first-order valence-corrected chi connectivity index (χ1v) is 5.50. The SMILES string of the molecule is O=C(O)c1cccc(Cn2cc([N+](=O)[O-])cnc2=O)c1. The second kappa shape index (κ2) is 5.31. The fourth-order valence-electron chi connectivity index (χ4n) is 1.65. The third-order valence-electron chi connectivity index (χ3n) is 2.58. The molecule has 0 bridgehead atoms. The van der Waals surface area contributed by atoms with E-state index < -0.39 is 16.6 Å². The molecule has 0 saturated carbocycles. The largest absolute Gasteiger partial charge is 0.478 e. The van der Waals surface area contributed by atoms with Crippen molar-refractivity contribution in [1.82, 2.24) is 9.55 Å². The number of rotatable bonds is 4. The number of carboxylic acids is 1. The fourth-order valence-corrected chi connectivity index (χ4v) is 1.65. The Labute approximate surface area is 112 Å². The zero-order valence-corrected chi connectivity index (χ0v) is 10.1. The van der Waals surface area contributed by atoms with E-state index in [4.69, 9.17) is 5.11 Å². The van der Waals surface area contributed by atoms with Gasteiger partial charge < -0.3 is 5.11 Å². The van der Waals surface area contributed by atoms with Crippen molar-refractivity contribution in [1.29, 1.82) is 0 Å². The van der Waals surface area contributed by atoms with E-state index in [0.717, 1.165) is 17.0 Å². The van der Waals surface area contributed by atoms with Gasteiger partial charge in [-0.3, -0.25) is 14.7 Å². The first kappa shape index (κ1) is 13.4. The molecule has 2 aromatic rings. The van der Waals surface area contributed by atoms with Crippen molar-refractivity contribution in [3.05, 3.63) is 68.4 Å². The van der Waals surface area contributed by atoms with Gasteiger partial charge in [0.15, 0.2) is 0 Å². The molecule has 102 valence electrons. The van der Waals surface area contributed by atoms with Gasteiger partial charge in [0.1, 0.15) is 6.20 Å². The van der Waals surface area contributed by atoms with E-state index in [9.17, 15) is 19.7 Å². The monoisotopic (exact) mass is 275 g/mol. The van der Waals surface area contributed by atoms with Gasteiger partial charge in [0, 0.05) is 0 Å². The van der Waals surface area contributed by atoms with Crippen molar-refractivity contribution in [2.45, 2.75) is 6.54 Å². The molecule has 0 atom stereocenters. The molecule has 8 nitrogen and oxygen atoms in total. The maximum atomic E-state index is 11.5. The number of carboxylic acid groups (broad SMARTS) is 1. The molecular formula is C12H9N3O5. The van der Waals surface area contributed by atoms with Crippen LogP contribution in [-0.4, -0.2) is 25.6 Å². The number of hydrogen-bond donors (Lipinski definition) is 1. The fraction of sp³-hybridized carbons (Fsp3) is 0.0833. The third kappa shape index (κ3) is 2.86. The number of hydrogen-bond acceptors (Lipinski definition) is 5. The standard InChI is InChI=1S/C12H9N3O5/c16-11(17)9-3-1-2-8(4-9)6-14-7-10(15(19)20)5-13-12(14)18/h1-5,7H,6H2,(H,16,17). The van der Waals surface area contributed by atoms with E-state index in [2.05, 4.69) is 4.98 Å². The van der Waals surface area contributed by atoms with Crippen LogP contribution in [0, 0.1) is 10.1 Å². The number of nitrogens with zero attached hydrogens (tertiary/aromatic N) is 3. The number of benzene rings is 1. The molecular weight excluding hydrogens is 266 g/mol. The Balaban J connectivity index is 2.37. The number of aromatic carboxylic acids is 1. The van der Waals surface area contributed by atoms with Crippen molar-refractivity contribution in [2.24, 2.45) is 0 Å². The Hall–Kier alpha value is -3.03. The van der Waals surface area contributed by atoms with E-state index in [-0.39, 0.29) is 17.8 Å². The highest BCUT2D eigenvalue weighted by Crippen LogP contribution is 2.09. The van der Waals surface area contributed by atoms with Gasteiger partial charge in [-0.2, -0.15) is 4.98 Å². The maximum Gasteiger partial charge on any atom is 0.348 e. The van der Waals surface area contributed by atoms with Gasteiger partial charge in [-0.05, 0) is 17.7 Å². The van der Waals surface area contributed by atoms with Crippen LogP contribution in [0.5, 0.6) is 0 Å². The quantitative estimate of drug-likeness (QED) is 0.654. The van der Waals surface area contributed by atoms with E-state index >= 15 is 0 Å². The van der Waals surface area contributed by atoms with Gasteiger partial charge >= 0.3 is 17.3 Å². The normalized spacial score (nSPS) is 10.2. The third-order valence-corrected chi connectivity index (χ3v) is 2.58. The lowest BCUT2D eigenvalue weighted by Crippen LogP contribution is -2.23. The van der Waals surface area contributed by atoms with Crippen LogP contribution < -0.4 is 5.69 Å². The van der Waals surface area contributed by atoms with Crippen molar-refractivity contribution in [2.75, 3.05) is 0 Å². The molecule has 0 aliphatic rings. The summed E-state index contributed by atoms with van der Waals surface area (Å²) < 4.78 is 1.05. The van der Waals surface area contributed by atoms with E-state index in [1.807, 2.05) is 0 Å². The zero-order chi connectivity index (χ0) is 14.7. The van der Waals surface area contributed by atoms with Gasteiger partial charge in [-0.1, -0.05) is 12.1 Å². The van der Waals surface area contributed by atoms with Crippen LogP contribution in [-0.2, 0) is 6.54 Å². The van der Waals surface area contributed by atoms with Crippen LogP contribution in [0.4, 0.5) is 5.69 Å². The Morgan fingerprint density at radius 1 is 1.45 bits per heavy atom. The molecule has 0 amide bonds. The van der Waals surface area contributed by atoms with Crippen LogP contribution in [0.15, 0.2) is 41.5 Å². The lowest BCUT2D eigenvalue weighted by atomic mass is 10.1. The van der Waals surface area contributed by atoms with Crippen molar-refractivity contribution < 1.29 is 14.8 Å². The first-order valence-electron chi connectivity index (χ1n) is 5.50. The highest BCUT2D eigenvalue weighted by Gasteiger charge is 2.10. The van der Waals surface area contributed by atoms with E-state index in [1.165, 1.54) is 18.2 Å². The average Bonchev–Trinajstić information content (AvgIpc) is 2.41. The summed E-state index contributed by atoms with van der Waals surface area (Å²) in [5.74, 6) is -1.09. The molecule has 0 fully saturated rings. The molecule has 1 aromatic carbocycles. The molecule has 0 spiro atoms. The minimum absolute atomic E-state index is 0.00856. The van der Waals surface area contributed by atoms with Gasteiger partial charge in [0.25, 0.3) is 0 Å². The molecule has 0 radical (unpaired) electrons. The summed E-state index contributed by atoms with van der Waals surface area (Å²) in [5, 5.41) is 19.5. The van der Waals surface area contributed by atoms with Gasteiger partial charge in [0.2, 0.25) is 0 Å². The molecule has 1 aromatic heterocycles. The van der Waals surface area contributed by atoms with Crippen LogP contribution in [0.1, 0.15) is 15.9 Å². The summed E-state index contributed by atoms with van der Waals surface area (Å²) in [6.45, 7) is 0.00856. The molecule has 1 heterocycles. The maximum absolute atomic E-state index is 11.5. The van der Waals surface area contributed by atoms with Gasteiger partial charge in [-0.15, -0.1) is 0 Å². The number of carbonyl (C=O) groups is 1. The Bertz CT molecular complexity index is 738. The van der Waals surface area contributed by atoms with Crippen molar-refractivity contribution in [3.63, 3.8) is 0 Å². The van der Waals surface area contributed by atoms with Crippen LogP contribution in [0.3, 0.4) is 0 Å². The topological polar surface area (TPSA) is 115 Å². The van der Waals surface area contributed by atoms with Crippen molar-refractivity contribution >= 4 is 11.7 Å². The molecule has 8 heteroatoms. The lowest BCUT2D eigenvalue weighted by Gasteiger charge is -2.05. The van der Waals surface area contributed by atoms with Gasteiger partial charge in [0.05, 0.1) is 23.2 Å². The summed E-state index contributed by atoms with van der Waals surface area (Å²) >= 11 is 0. The lowest BCUT2D eigenvalue weighted by molar-refractivity contribution is -0.385. The summed E-state index contributed by atoms with van der Waals surface area (Å²) in [4.78, 5) is 35.8. The number of aromatic nitrogens is 2. The number of nitro groups is 1. The Morgan fingerprint density at radius 3 is 2.85 bits per heavy atom. The second-order valence-corrected chi connectivity index (χ2v) is 3.99. The van der Waals surface area contributed by atoms with Crippen LogP contribution in [0.25, 0.3) is 0 Å². The molecule has 20 heavy (non-hydrogen) atoms. The minimum Gasteiger partial charge on any atom is -0.478 e. The average molecular weight is 275 g/mol. The summed E-state index contributed by atoms with van der Waals surface area (Å²) in [6, 6.07) is 5.97. The first-order chi connectivity index (χ1) is 9.47. The Morgan fingerprint density at radius 2 is 2.20 bits per heavy atom. The molecule has 2 rings (SSSR count). The predicted molar refractivity (Wildman–Crippen MR) is 67.7 cm³/mol. The molecule has 1 N–H and O–H groups in total. The molecule has 0 aliphatic heterocycles. The highest BCUT2D eigenvalue weighted by molar-refractivity contribution is 5.87. The van der Waals surface area contributed by atoms with Gasteiger partial charge in [-0.25, -0.2) is 9.59 Å². The van der Waals surface area contributed by atoms with Crippen molar-refractivity contribution in [3.8, 4) is 0 Å². The predicted octanol–water partition coefficient (Wildman–Crippen LogP) is 0.898. The Kier molecular flexibility index (Phi) is 3.56. The molecule has 0 unspecified atom stereocenters. The highest BCUT2D eigenvalue weighted by atomic mass is 16.6.